The van der Waals surface area contributed by atoms with Crippen LogP contribution in [-0.2, 0) is 0 Å². The third-order valence-electron chi connectivity index (χ3n) is 2.41. The number of hydrogen-bond acceptors (Lipinski definition) is 4. The lowest BCUT2D eigenvalue weighted by atomic mass is 9.98. The Balaban J connectivity index is 2.54. The SMILES string of the molecule is OCC1CC(O)CC(O)CC1O. The Hall–Kier alpha value is -0.160. The standard InChI is InChI=1S/C8H16O4/c9-4-5-1-6(10)2-7(11)3-8(5)12/h5-12H,1-4H2. The summed E-state index contributed by atoms with van der Waals surface area (Å²) in [5.74, 6) is -0.294. The summed E-state index contributed by atoms with van der Waals surface area (Å²) < 4.78 is 0. The van der Waals surface area contributed by atoms with Crippen molar-refractivity contribution in [1.82, 2.24) is 0 Å². The molecule has 1 rings (SSSR count). The summed E-state index contributed by atoms with van der Waals surface area (Å²) in [6.07, 6.45) is -1.02. The molecule has 1 saturated carbocycles. The summed E-state index contributed by atoms with van der Waals surface area (Å²) in [4.78, 5) is 0. The topological polar surface area (TPSA) is 80.9 Å². The summed E-state index contributed by atoms with van der Waals surface area (Å²) in [5, 5.41) is 36.8. The van der Waals surface area contributed by atoms with Crippen LogP contribution in [-0.4, -0.2) is 45.3 Å². The van der Waals surface area contributed by atoms with Gasteiger partial charge in [-0.15, -0.1) is 0 Å². The van der Waals surface area contributed by atoms with Gasteiger partial charge in [0.2, 0.25) is 0 Å². The maximum Gasteiger partial charge on any atom is 0.0615 e. The zero-order valence-electron chi connectivity index (χ0n) is 6.93. The van der Waals surface area contributed by atoms with E-state index in [0.29, 0.717) is 12.8 Å². The molecule has 0 radical (unpaired) electrons. The van der Waals surface area contributed by atoms with Crippen LogP contribution in [0.5, 0.6) is 0 Å². The van der Waals surface area contributed by atoms with Gasteiger partial charge < -0.3 is 20.4 Å². The summed E-state index contributed by atoms with van der Waals surface area (Å²) >= 11 is 0. The van der Waals surface area contributed by atoms with E-state index in [9.17, 15) is 15.3 Å². The second-order valence-electron chi connectivity index (χ2n) is 3.52. The van der Waals surface area contributed by atoms with Gasteiger partial charge in [-0.1, -0.05) is 0 Å². The minimum atomic E-state index is -0.692. The van der Waals surface area contributed by atoms with Crippen molar-refractivity contribution in [1.29, 1.82) is 0 Å². The molecule has 4 unspecified atom stereocenters. The van der Waals surface area contributed by atoms with Crippen molar-refractivity contribution in [3.8, 4) is 0 Å². The molecule has 0 saturated heterocycles. The zero-order chi connectivity index (χ0) is 9.14. The molecule has 0 amide bonds. The Morgan fingerprint density at radius 3 is 2.08 bits per heavy atom. The molecule has 0 heterocycles. The largest absolute Gasteiger partial charge is 0.396 e. The minimum Gasteiger partial charge on any atom is -0.396 e. The Kier molecular flexibility index (Phi) is 3.46. The van der Waals surface area contributed by atoms with Gasteiger partial charge in [0, 0.05) is 12.5 Å². The molecule has 4 atom stereocenters. The van der Waals surface area contributed by atoms with E-state index in [-0.39, 0.29) is 18.9 Å². The number of aliphatic hydroxyl groups excluding tert-OH is 4. The molecular formula is C8H16O4. The summed E-state index contributed by atoms with van der Waals surface area (Å²) in [6, 6.07) is 0. The van der Waals surface area contributed by atoms with E-state index in [1.165, 1.54) is 0 Å². The molecule has 72 valence electrons. The van der Waals surface area contributed by atoms with Crippen molar-refractivity contribution in [3.63, 3.8) is 0 Å². The van der Waals surface area contributed by atoms with Crippen LogP contribution >= 0.6 is 0 Å². The van der Waals surface area contributed by atoms with Crippen molar-refractivity contribution < 1.29 is 20.4 Å². The van der Waals surface area contributed by atoms with Crippen LogP contribution < -0.4 is 0 Å². The molecule has 0 aromatic rings. The van der Waals surface area contributed by atoms with Gasteiger partial charge in [0.1, 0.15) is 0 Å². The average Bonchev–Trinajstić information content (AvgIpc) is 2.09. The predicted molar refractivity (Wildman–Crippen MR) is 42.4 cm³/mol. The van der Waals surface area contributed by atoms with Crippen LogP contribution in [0.4, 0.5) is 0 Å². The summed E-state index contributed by atoms with van der Waals surface area (Å²) in [7, 11) is 0. The first kappa shape index (κ1) is 9.92. The highest BCUT2D eigenvalue weighted by Crippen LogP contribution is 2.23. The van der Waals surface area contributed by atoms with E-state index in [2.05, 4.69) is 0 Å². The summed E-state index contributed by atoms with van der Waals surface area (Å²) in [6.45, 7) is -0.134. The first-order valence-corrected chi connectivity index (χ1v) is 4.28. The fourth-order valence-corrected chi connectivity index (χ4v) is 1.68. The van der Waals surface area contributed by atoms with Crippen LogP contribution in [0.25, 0.3) is 0 Å². The number of rotatable bonds is 1. The second kappa shape index (κ2) is 4.18. The Morgan fingerprint density at radius 2 is 1.50 bits per heavy atom. The Bertz CT molecular complexity index is 139. The monoisotopic (exact) mass is 176 g/mol. The second-order valence-corrected chi connectivity index (χ2v) is 3.52. The highest BCUT2D eigenvalue weighted by atomic mass is 16.3. The highest BCUT2D eigenvalue weighted by Gasteiger charge is 2.29. The van der Waals surface area contributed by atoms with E-state index < -0.39 is 18.3 Å². The normalized spacial score (nSPS) is 44.0. The fraction of sp³-hybridized carbons (Fsp3) is 1.00. The molecule has 4 N–H and O–H groups in total. The first-order chi connectivity index (χ1) is 5.63. The van der Waals surface area contributed by atoms with Crippen LogP contribution in [0.3, 0.4) is 0 Å². The van der Waals surface area contributed by atoms with Gasteiger partial charge in [-0.2, -0.15) is 0 Å². The van der Waals surface area contributed by atoms with E-state index in [0.717, 1.165) is 0 Å². The van der Waals surface area contributed by atoms with E-state index in [1.807, 2.05) is 0 Å². The van der Waals surface area contributed by atoms with Crippen LogP contribution in [0, 0.1) is 5.92 Å². The maximum absolute atomic E-state index is 9.41. The van der Waals surface area contributed by atoms with Crippen LogP contribution in [0.1, 0.15) is 19.3 Å². The molecule has 4 nitrogen and oxygen atoms in total. The van der Waals surface area contributed by atoms with Gasteiger partial charge in [-0.25, -0.2) is 0 Å². The number of hydrogen-bond donors (Lipinski definition) is 4. The van der Waals surface area contributed by atoms with Crippen LogP contribution in [0.15, 0.2) is 0 Å². The molecule has 12 heavy (non-hydrogen) atoms. The fourth-order valence-electron chi connectivity index (χ4n) is 1.68. The first-order valence-electron chi connectivity index (χ1n) is 4.28. The Morgan fingerprint density at radius 1 is 0.917 bits per heavy atom. The molecule has 0 aromatic heterocycles. The quantitative estimate of drug-likeness (QED) is 0.381. The van der Waals surface area contributed by atoms with Gasteiger partial charge in [0.25, 0.3) is 0 Å². The molecule has 1 fully saturated rings. The van der Waals surface area contributed by atoms with E-state index in [1.54, 1.807) is 0 Å². The van der Waals surface area contributed by atoms with E-state index >= 15 is 0 Å². The average molecular weight is 176 g/mol. The third kappa shape index (κ3) is 2.42. The van der Waals surface area contributed by atoms with Crippen molar-refractivity contribution in [2.24, 2.45) is 5.92 Å². The molecule has 0 spiro atoms. The van der Waals surface area contributed by atoms with Gasteiger partial charge in [0.05, 0.1) is 18.3 Å². The molecule has 0 bridgehead atoms. The lowest BCUT2D eigenvalue weighted by molar-refractivity contribution is 0.0328. The molecule has 4 heteroatoms. The van der Waals surface area contributed by atoms with E-state index in [4.69, 9.17) is 5.11 Å². The lowest BCUT2D eigenvalue weighted by Gasteiger charge is -2.18. The lowest BCUT2D eigenvalue weighted by Crippen LogP contribution is -2.25. The Labute approximate surface area is 71.5 Å². The van der Waals surface area contributed by atoms with Gasteiger partial charge in [0.15, 0.2) is 0 Å². The van der Waals surface area contributed by atoms with Crippen molar-refractivity contribution >= 4 is 0 Å². The van der Waals surface area contributed by atoms with Gasteiger partial charge in [-0.3, -0.25) is 0 Å². The van der Waals surface area contributed by atoms with Crippen molar-refractivity contribution in [2.75, 3.05) is 6.61 Å². The maximum atomic E-state index is 9.41. The van der Waals surface area contributed by atoms with Gasteiger partial charge in [-0.05, 0) is 19.3 Å². The minimum absolute atomic E-state index is 0.134. The zero-order valence-corrected chi connectivity index (χ0v) is 6.93. The molecule has 1 aliphatic carbocycles. The third-order valence-corrected chi connectivity index (χ3v) is 2.41. The predicted octanol–water partition coefficient (Wildman–Crippen LogP) is -1.14. The van der Waals surface area contributed by atoms with Crippen LogP contribution in [0.2, 0.25) is 0 Å². The molecule has 0 aromatic carbocycles. The summed E-state index contributed by atoms with van der Waals surface area (Å²) in [5.41, 5.74) is 0. The molecular weight excluding hydrogens is 160 g/mol. The molecule has 0 aliphatic heterocycles. The van der Waals surface area contributed by atoms with Gasteiger partial charge >= 0.3 is 0 Å². The number of aliphatic hydroxyl groups is 4. The van der Waals surface area contributed by atoms with Crippen molar-refractivity contribution in [2.45, 2.75) is 37.6 Å². The highest BCUT2D eigenvalue weighted by molar-refractivity contribution is 4.80. The smallest absolute Gasteiger partial charge is 0.0615 e. The molecule has 1 aliphatic rings. The van der Waals surface area contributed by atoms with Crippen molar-refractivity contribution in [3.05, 3.63) is 0 Å².